The maximum Gasteiger partial charge on any atom is 0.0790 e. The summed E-state index contributed by atoms with van der Waals surface area (Å²) >= 11 is 0. The predicted octanol–water partition coefficient (Wildman–Crippen LogP) is 3.37. The lowest BCUT2D eigenvalue weighted by Gasteiger charge is -2.36. The molecule has 2 heteroatoms. The molecule has 1 aromatic rings. The molecule has 0 amide bonds. The molecule has 18 heavy (non-hydrogen) atoms. The fraction of sp³-hybridized carbons (Fsp3) is 0.625. The molecule has 1 unspecified atom stereocenters. The molecule has 1 aromatic carbocycles. The second-order valence-corrected chi connectivity index (χ2v) is 5.63. The van der Waals surface area contributed by atoms with Crippen molar-refractivity contribution in [2.24, 2.45) is 0 Å². The van der Waals surface area contributed by atoms with E-state index in [1.807, 2.05) is 12.1 Å². The zero-order valence-electron chi connectivity index (χ0n) is 11.2. The lowest BCUT2D eigenvalue weighted by atomic mass is 9.76. The lowest BCUT2D eigenvalue weighted by Crippen LogP contribution is -2.37. The molecule has 2 rings (SSSR count). The van der Waals surface area contributed by atoms with Crippen LogP contribution >= 0.6 is 0 Å². The van der Waals surface area contributed by atoms with E-state index in [0.717, 1.165) is 50.5 Å². The van der Waals surface area contributed by atoms with Crippen LogP contribution in [0.4, 0.5) is 0 Å². The highest BCUT2D eigenvalue weighted by atomic mass is 16.3. The lowest BCUT2D eigenvalue weighted by molar-refractivity contribution is -0.0397. The molecule has 1 fully saturated rings. The van der Waals surface area contributed by atoms with Crippen LogP contribution in [0.2, 0.25) is 0 Å². The van der Waals surface area contributed by atoms with E-state index in [9.17, 15) is 10.2 Å². The number of hydrogen-bond donors (Lipinski definition) is 2. The quantitative estimate of drug-likeness (QED) is 0.810. The van der Waals surface area contributed by atoms with Gasteiger partial charge < -0.3 is 10.2 Å². The maximum absolute atomic E-state index is 10.1. The van der Waals surface area contributed by atoms with Gasteiger partial charge in [0, 0.05) is 0 Å². The van der Waals surface area contributed by atoms with E-state index < -0.39 is 5.60 Å². The third kappa shape index (κ3) is 3.33. The summed E-state index contributed by atoms with van der Waals surface area (Å²) in [5.41, 5.74) is 1.83. The highest BCUT2D eigenvalue weighted by molar-refractivity contribution is 5.25. The van der Waals surface area contributed by atoms with Crippen molar-refractivity contribution < 1.29 is 10.2 Å². The Hall–Kier alpha value is -0.860. The van der Waals surface area contributed by atoms with Crippen LogP contribution in [-0.4, -0.2) is 15.8 Å². The van der Waals surface area contributed by atoms with Crippen LogP contribution in [-0.2, 0) is 6.42 Å². The number of benzene rings is 1. The third-order valence-corrected chi connectivity index (χ3v) is 4.06. The van der Waals surface area contributed by atoms with Crippen molar-refractivity contribution in [2.45, 2.75) is 63.6 Å². The van der Waals surface area contributed by atoms with Gasteiger partial charge in [-0.05, 0) is 49.7 Å². The molecule has 0 saturated heterocycles. The molecule has 1 atom stereocenters. The second-order valence-electron chi connectivity index (χ2n) is 5.63. The van der Waals surface area contributed by atoms with Crippen LogP contribution < -0.4 is 0 Å². The molecule has 0 bridgehead atoms. The number of aliphatic hydroxyl groups excluding tert-OH is 1. The summed E-state index contributed by atoms with van der Waals surface area (Å²) in [7, 11) is 0. The van der Waals surface area contributed by atoms with Crippen LogP contribution in [0.25, 0.3) is 0 Å². The van der Waals surface area contributed by atoms with E-state index >= 15 is 0 Å². The molecular formula is C16H24O2. The first-order valence-electron chi connectivity index (χ1n) is 7.12. The van der Waals surface area contributed by atoms with Gasteiger partial charge in [-0.2, -0.15) is 0 Å². The molecule has 2 N–H and O–H groups in total. The van der Waals surface area contributed by atoms with Gasteiger partial charge in [-0.15, -0.1) is 0 Å². The van der Waals surface area contributed by atoms with Crippen molar-refractivity contribution >= 4 is 0 Å². The predicted molar refractivity (Wildman–Crippen MR) is 73.4 cm³/mol. The van der Waals surface area contributed by atoms with Crippen LogP contribution in [0, 0.1) is 0 Å². The van der Waals surface area contributed by atoms with Crippen LogP contribution in [0.5, 0.6) is 0 Å². The van der Waals surface area contributed by atoms with Gasteiger partial charge in [0.2, 0.25) is 0 Å². The van der Waals surface area contributed by atoms with E-state index in [-0.39, 0.29) is 6.10 Å². The van der Waals surface area contributed by atoms with Gasteiger partial charge in [-0.25, -0.2) is 0 Å². The van der Waals surface area contributed by atoms with Crippen molar-refractivity contribution in [3.8, 4) is 0 Å². The van der Waals surface area contributed by atoms with Gasteiger partial charge in [0.1, 0.15) is 0 Å². The highest BCUT2D eigenvalue weighted by Crippen LogP contribution is 2.35. The van der Waals surface area contributed by atoms with Gasteiger partial charge in [0.25, 0.3) is 0 Å². The molecule has 2 nitrogen and oxygen atoms in total. The van der Waals surface area contributed by atoms with Gasteiger partial charge in [0.05, 0.1) is 11.7 Å². The normalized spacial score (nSPS) is 19.3. The summed E-state index contributed by atoms with van der Waals surface area (Å²) in [5, 5.41) is 20.1. The molecule has 0 spiro atoms. The molecular weight excluding hydrogens is 224 g/mol. The molecule has 0 heterocycles. The summed E-state index contributed by atoms with van der Waals surface area (Å²) in [6.07, 6.45) is 6.27. The number of aliphatic hydroxyl groups is 2. The van der Waals surface area contributed by atoms with Gasteiger partial charge >= 0.3 is 0 Å². The monoisotopic (exact) mass is 248 g/mol. The van der Waals surface area contributed by atoms with Crippen LogP contribution in [0.15, 0.2) is 24.3 Å². The largest absolute Gasteiger partial charge is 0.390 e. The molecule has 100 valence electrons. The average Bonchev–Trinajstić information content (AvgIpc) is 2.35. The number of rotatable bonds is 6. The van der Waals surface area contributed by atoms with Gasteiger partial charge in [0.15, 0.2) is 0 Å². The minimum atomic E-state index is -0.405. The third-order valence-electron chi connectivity index (χ3n) is 4.06. The maximum atomic E-state index is 10.1. The van der Waals surface area contributed by atoms with Crippen LogP contribution in [0.3, 0.4) is 0 Å². The summed E-state index contributed by atoms with van der Waals surface area (Å²) in [6.45, 7) is 2.08. The number of hydrogen-bond acceptors (Lipinski definition) is 2. The molecule has 1 saturated carbocycles. The van der Waals surface area contributed by atoms with E-state index in [4.69, 9.17) is 0 Å². The molecule has 1 aliphatic carbocycles. The number of aryl methyl sites for hydroxylation is 1. The molecule has 0 aromatic heterocycles. The minimum Gasteiger partial charge on any atom is -0.390 e. The summed E-state index contributed by atoms with van der Waals surface area (Å²) in [6, 6.07) is 8.17. The van der Waals surface area contributed by atoms with Gasteiger partial charge in [-0.3, -0.25) is 0 Å². The fourth-order valence-electron chi connectivity index (χ4n) is 2.61. The summed E-state index contributed by atoms with van der Waals surface area (Å²) in [4.78, 5) is 0. The molecule has 0 radical (unpaired) electrons. The van der Waals surface area contributed by atoms with E-state index in [1.165, 1.54) is 5.56 Å². The Labute approximate surface area is 110 Å². The zero-order valence-corrected chi connectivity index (χ0v) is 11.2. The highest BCUT2D eigenvalue weighted by Gasteiger charge is 2.33. The Morgan fingerprint density at radius 1 is 1.33 bits per heavy atom. The summed E-state index contributed by atoms with van der Waals surface area (Å²) in [5.74, 6) is 0. The zero-order chi connectivity index (χ0) is 13.0. The second kappa shape index (κ2) is 5.85. The Bertz CT molecular complexity index is 382. The topological polar surface area (TPSA) is 40.5 Å². The van der Waals surface area contributed by atoms with E-state index in [2.05, 4.69) is 19.1 Å². The van der Waals surface area contributed by atoms with Crippen molar-refractivity contribution in [1.82, 2.24) is 0 Å². The Balaban J connectivity index is 1.94. The Kier molecular flexibility index (Phi) is 4.41. The van der Waals surface area contributed by atoms with Crippen molar-refractivity contribution in [1.29, 1.82) is 0 Å². The van der Waals surface area contributed by atoms with E-state index in [0.29, 0.717) is 0 Å². The molecule has 0 aliphatic heterocycles. The first-order valence-corrected chi connectivity index (χ1v) is 7.12. The summed E-state index contributed by atoms with van der Waals surface area (Å²) < 4.78 is 0. The smallest absolute Gasteiger partial charge is 0.0790 e. The average molecular weight is 248 g/mol. The Morgan fingerprint density at radius 2 is 2.11 bits per heavy atom. The van der Waals surface area contributed by atoms with Crippen molar-refractivity contribution in [3.63, 3.8) is 0 Å². The minimum absolute atomic E-state index is 0.346. The first kappa shape index (κ1) is 13.6. The SMILES string of the molecule is CCCC(O)c1cccc(CCC2(O)CCC2)c1. The van der Waals surface area contributed by atoms with E-state index in [1.54, 1.807) is 0 Å². The standard InChI is InChI=1S/C16H24O2/c1-2-5-15(17)14-7-3-6-13(12-14)8-11-16(18)9-4-10-16/h3,6-7,12,15,17-18H,2,4-5,8-11H2,1H3. The van der Waals surface area contributed by atoms with Gasteiger partial charge in [-0.1, -0.05) is 37.6 Å². The molecule has 1 aliphatic rings. The first-order chi connectivity index (χ1) is 8.63. The fourth-order valence-corrected chi connectivity index (χ4v) is 2.61. The van der Waals surface area contributed by atoms with Crippen molar-refractivity contribution in [2.75, 3.05) is 0 Å². The Morgan fingerprint density at radius 3 is 2.72 bits per heavy atom. The van der Waals surface area contributed by atoms with Crippen LogP contribution in [0.1, 0.15) is 62.7 Å². The van der Waals surface area contributed by atoms with Crippen molar-refractivity contribution in [3.05, 3.63) is 35.4 Å².